The number of carbonyl (C=O) groups is 3. The molecule has 0 aliphatic carbocycles. The van der Waals surface area contributed by atoms with Crippen LogP contribution in [0.4, 0.5) is 5.69 Å². The van der Waals surface area contributed by atoms with Crippen molar-refractivity contribution in [1.29, 1.82) is 0 Å². The molecule has 3 rings (SSSR count). The summed E-state index contributed by atoms with van der Waals surface area (Å²) < 4.78 is 0. The second-order valence-corrected chi connectivity index (χ2v) is 7.34. The summed E-state index contributed by atoms with van der Waals surface area (Å²) in [6.45, 7) is 5.89. The SMILES string of the molecule is CNC(=O)C1=NCNC1(C(N)=O)c1ccc(NC(=O)c2c(C)cc(C)cc2C)cc1. The molecule has 5 N–H and O–H groups in total. The van der Waals surface area contributed by atoms with E-state index < -0.39 is 17.4 Å². The average molecular weight is 407 g/mol. The molecule has 0 aromatic heterocycles. The van der Waals surface area contributed by atoms with Crippen LogP contribution >= 0.6 is 0 Å². The first kappa shape index (κ1) is 21.2. The van der Waals surface area contributed by atoms with E-state index >= 15 is 0 Å². The van der Waals surface area contributed by atoms with E-state index in [0.717, 1.165) is 16.7 Å². The van der Waals surface area contributed by atoms with Crippen molar-refractivity contribution in [3.63, 3.8) is 0 Å². The zero-order chi connectivity index (χ0) is 22.1. The third-order valence-corrected chi connectivity index (χ3v) is 5.23. The van der Waals surface area contributed by atoms with Gasteiger partial charge in [-0.15, -0.1) is 0 Å². The third kappa shape index (κ3) is 3.57. The zero-order valence-electron chi connectivity index (χ0n) is 17.4. The van der Waals surface area contributed by atoms with Crippen LogP contribution in [0.2, 0.25) is 0 Å². The Morgan fingerprint density at radius 3 is 2.17 bits per heavy atom. The molecule has 8 heteroatoms. The maximum absolute atomic E-state index is 12.8. The number of anilines is 1. The first-order valence-corrected chi connectivity index (χ1v) is 9.52. The number of rotatable bonds is 5. The molecule has 1 aliphatic rings. The van der Waals surface area contributed by atoms with Gasteiger partial charge in [-0.25, -0.2) is 0 Å². The van der Waals surface area contributed by atoms with E-state index in [9.17, 15) is 14.4 Å². The van der Waals surface area contributed by atoms with Crippen molar-refractivity contribution in [2.75, 3.05) is 19.0 Å². The van der Waals surface area contributed by atoms with Gasteiger partial charge in [-0.1, -0.05) is 29.8 Å². The van der Waals surface area contributed by atoms with Gasteiger partial charge < -0.3 is 16.4 Å². The van der Waals surface area contributed by atoms with Crippen LogP contribution in [0.1, 0.15) is 32.6 Å². The molecule has 0 bridgehead atoms. The number of hydrogen-bond acceptors (Lipinski definition) is 5. The predicted molar refractivity (Wildman–Crippen MR) is 115 cm³/mol. The zero-order valence-corrected chi connectivity index (χ0v) is 17.4. The number of carbonyl (C=O) groups excluding carboxylic acids is 3. The molecule has 0 fully saturated rings. The maximum Gasteiger partial charge on any atom is 0.267 e. The molecule has 3 amide bonds. The Kier molecular flexibility index (Phi) is 5.71. The Morgan fingerprint density at radius 2 is 1.63 bits per heavy atom. The lowest BCUT2D eigenvalue weighted by atomic mass is 9.84. The fourth-order valence-electron chi connectivity index (χ4n) is 3.92. The third-order valence-electron chi connectivity index (χ3n) is 5.23. The molecule has 0 saturated heterocycles. The normalized spacial score (nSPS) is 17.9. The fourth-order valence-corrected chi connectivity index (χ4v) is 3.92. The summed E-state index contributed by atoms with van der Waals surface area (Å²) in [7, 11) is 1.46. The summed E-state index contributed by atoms with van der Waals surface area (Å²) in [5.41, 5.74) is 8.70. The summed E-state index contributed by atoms with van der Waals surface area (Å²) >= 11 is 0. The van der Waals surface area contributed by atoms with Gasteiger partial charge in [0.15, 0.2) is 5.54 Å². The van der Waals surface area contributed by atoms with Gasteiger partial charge in [0.2, 0.25) is 5.91 Å². The van der Waals surface area contributed by atoms with E-state index in [1.807, 2.05) is 32.9 Å². The smallest absolute Gasteiger partial charge is 0.267 e. The summed E-state index contributed by atoms with van der Waals surface area (Å²) in [5.74, 6) is -1.43. The molecule has 0 radical (unpaired) electrons. The number of primary amides is 1. The van der Waals surface area contributed by atoms with Crippen molar-refractivity contribution in [2.45, 2.75) is 26.3 Å². The Bertz CT molecular complexity index is 1040. The van der Waals surface area contributed by atoms with E-state index in [2.05, 4.69) is 20.9 Å². The molecule has 156 valence electrons. The summed E-state index contributed by atoms with van der Waals surface area (Å²) in [6, 6.07) is 10.6. The van der Waals surface area contributed by atoms with E-state index in [4.69, 9.17) is 5.73 Å². The van der Waals surface area contributed by atoms with Gasteiger partial charge in [-0.05, 0) is 49.6 Å². The largest absolute Gasteiger partial charge is 0.367 e. The van der Waals surface area contributed by atoms with Crippen molar-refractivity contribution >= 4 is 29.1 Å². The molecule has 2 aromatic carbocycles. The molecule has 2 aromatic rings. The van der Waals surface area contributed by atoms with Gasteiger partial charge in [0.1, 0.15) is 5.71 Å². The molecule has 0 spiro atoms. The first-order valence-electron chi connectivity index (χ1n) is 9.52. The van der Waals surface area contributed by atoms with Crippen molar-refractivity contribution < 1.29 is 14.4 Å². The Hall–Kier alpha value is -3.52. The number of nitrogens with one attached hydrogen (secondary N) is 3. The number of nitrogens with zero attached hydrogens (tertiary/aromatic N) is 1. The molecular formula is C22H25N5O3. The molecule has 1 aliphatic heterocycles. The minimum absolute atomic E-state index is 0.0141. The van der Waals surface area contributed by atoms with Gasteiger partial charge in [-0.3, -0.25) is 24.7 Å². The quantitative estimate of drug-likeness (QED) is 0.596. The molecule has 1 unspecified atom stereocenters. The van der Waals surface area contributed by atoms with E-state index in [-0.39, 0.29) is 18.3 Å². The number of amides is 3. The van der Waals surface area contributed by atoms with Crippen molar-refractivity contribution in [3.8, 4) is 0 Å². The van der Waals surface area contributed by atoms with Crippen LogP contribution in [0.25, 0.3) is 0 Å². The lowest BCUT2D eigenvalue weighted by Crippen LogP contribution is -2.58. The highest BCUT2D eigenvalue weighted by Crippen LogP contribution is 2.28. The predicted octanol–water partition coefficient (Wildman–Crippen LogP) is 1.29. The van der Waals surface area contributed by atoms with Crippen LogP contribution < -0.4 is 21.7 Å². The van der Waals surface area contributed by atoms with E-state index in [0.29, 0.717) is 16.8 Å². The minimum atomic E-state index is -1.52. The highest BCUT2D eigenvalue weighted by atomic mass is 16.2. The Morgan fingerprint density at radius 1 is 1.03 bits per heavy atom. The highest BCUT2D eigenvalue weighted by Gasteiger charge is 2.49. The van der Waals surface area contributed by atoms with E-state index in [1.165, 1.54) is 7.05 Å². The second kappa shape index (κ2) is 8.08. The molecule has 1 heterocycles. The minimum Gasteiger partial charge on any atom is -0.367 e. The van der Waals surface area contributed by atoms with Gasteiger partial charge in [0.05, 0.1) is 6.67 Å². The number of nitrogens with two attached hydrogens (primary N) is 1. The van der Waals surface area contributed by atoms with Gasteiger partial charge in [0, 0.05) is 18.3 Å². The molecular weight excluding hydrogens is 382 g/mol. The summed E-state index contributed by atoms with van der Waals surface area (Å²) in [5, 5.41) is 8.29. The topological polar surface area (TPSA) is 126 Å². The van der Waals surface area contributed by atoms with Crippen LogP contribution in [-0.4, -0.2) is 37.1 Å². The number of aliphatic imine (C=N–C) groups is 1. The lowest BCUT2D eigenvalue weighted by molar-refractivity contribution is -0.123. The van der Waals surface area contributed by atoms with Crippen LogP contribution in [0, 0.1) is 20.8 Å². The lowest BCUT2D eigenvalue weighted by Gasteiger charge is -2.27. The molecule has 0 saturated carbocycles. The monoisotopic (exact) mass is 407 g/mol. The second-order valence-electron chi connectivity index (χ2n) is 7.34. The average Bonchev–Trinajstić information content (AvgIpc) is 3.13. The number of hydrogen-bond donors (Lipinski definition) is 4. The maximum atomic E-state index is 12.8. The Balaban J connectivity index is 1.89. The van der Waals surface area contributed by atoms with Gasteiger partial charge in [0.25, 0.3) is 11.8 Å². The highest BCUT2D eigenvalue weighted by molar-refractivity contribution is 6.47. The summed E-state index contributed by atoms with van der Waals surface area (Å²) in [6.07, 6.45) is 0. The molecule has 8 nitrogen and oxygen atoms in total. The number of benzene rings is 2. The Labute approximate surface area is 175 Å². The van der Waals surface area contributed by atoms with Crippen molar-refractivity contribution in [3.05, 3.63) is 64.2 Å². The number of aryl methyl sites for hydroxylation is 3. The first-order chi connectivity index (χ1) is 14.2. The standard InChI is InChI=1S/C22H25N5O3/c1-12-9-13(2)17(14(3)10-12)19(28)27-16-7-5-15(6-8-16)22(21(23)30)18(20(29)24-4)25-11-26-22/h5-10,26H,11H2,1-4H3,(H2,23,30)(H,24,29)(H,27,28). The summed E-state index contributed by atoms with van der Waals surface area (Å²) in [4.78, 5) is 41.5. The van der Waals surface area contributed by atoms with Gasteiger partial charge >= 0.3 is 0 Å². The van der Waals surface area contributed by atoms with Crippen LogP contribution in [0.5, 0.6) is 0 Å². The fraction of sp³-hybridized carbons (Fsp3) is 0.273. The van der Waals surface area contributed by atoms with E-state index in [1.54, 1.807) is 24.3 Å². The van der Waals surface area contributed by atoms with Crippen molar-refractivity contribution in [2.24, 2.45) is 10.7 Å². The van der Waals surface area contributed by atoms with Crippen molar-refractivity contribution in [1.82, 2.24) is 10.6 Å². The van der Waals surface area contributed by atoms with Gasteiger partial charge in [-0.2, -0.15) is 0 Å². The molecule has 30 heavy (non-hydrogen) atoms. The van der Waals surface area contributed by atoms with Crippen LogP contribution in [0.3, 0.4) is 0 Å². The van der Waals surface area contributed by atoms with Crippen LogP contribution in [-0.2, 0) is 15.1 Å². The van der Waals surface area contributed by atoms with Crippen LogP contribution in [0.15, 0.2) is 41.4 Å². The molecule has 1 atom stereocenters.